The number of aryl methyl sites for hydroxylation is 1. The fourth-order valence-corrected chi connectivity index (χ4v) is 2.83. The lowest BCUT2D eigenvalue weighted by atomic mass is 10.0. The molecule has 1 aliphatic rings. The van der Waals surface area contributed by atoms with Crippen LogP contribution < -0.4 is 10.1 Å². The van der Waals surface area contributed by atoms with Gasteiger partial charge in [-0.05, 0) is 42.5 Å². The summed E-state index contributed by atoms with van der Waals surface area (Å²) in [5.74, 6) is 1.01. The highest BCUT2D eigenvalue weighted by Gasteiger charge is 2.13. The van der Waals surface area contributed by atoms with Crippen LogP contribution >= 0.6 is 0 Å². The Morgan fingerprint density at radius 2 is 2.05 bits per heavy atom. The standard InChI is InChI=1S/C19H21NO2/c1-14(16-6-3-2-4-7-16)20-19(21)13-15-9-10-18-17(12-15)8-5-11-22-18/h2-4,6-7,9-10,12,14H,5,8,11,13H2,1H3,(H,20,21). The lowest BCUT2D eigenvalue weighted by Crippen LogP contribution is -2.28. The first kappa shape index (κ1) is 14.6. The predicted molar refractivity (Wildman–Crippen MR) is 87.0 cm³/mol. The van der Waals surface area contributed by atoms with Gasteiger partial charge in [0.1, 0.15) is 5.75 Å². The van der Waals surface area contributed by atoms with Gasteiger partial charge in [0.25, 0.3) is 0 Å². The topological polar surface area (TPSA) is 38.3 Å². The molecule has 0 saturated heterocycles. The smallest absolute Gasteiger partial charge is 0.224 e. The zero-order valence-electron chi connectivity index (χ0n) is 12.8. The highest BCUT2D eigenvalue weighted by Crippen LogP contribution is 2.25. The Balaban J connectivity index is 1.62. The Bertz CT molecular complexity index is 652. The number of hydrogen-bond donors (Lipinski definition) is 1. The lowest BCUT2D eigenvalue weighted by molar-refractivity contribution is -0.121. The number of ether oxygens (including phenoxy) is 1. The molecule has 2 aromatic carbocycles. The second-order valence-corrected chi connectivity index (χ2v) is 5.77. The molecule has 0 radical (unpaired) electrons. The van der Waals surface area contributed by atoms with Gasteiger partial charge in [-0.3, -0.25) is 4.79 Å². The van der Waals surface area contributed by atoms with Crippen molar-refractivity contribution >= 4 is 5.91 Å². The van der Waals surface area contributed by atoms with Crippen LogP contribution in [0.15, 0.2) is 48.5 Å². The first-order valence-electron chi connectivity index (χ1n) is 7.81. The molecule has 3 heteroatoms. The van der Waals surface area contributed by atoms with Crippen LogP contribution in [-0.4, -0.2) is 12.5 Å². The van der Waals surface area contributed by atoms with E-state index < -0.39 is 0 Å². The summed E-state index contributed by atoms with van der Waals surface area (Å²) in [4.78, 5) is 12.2. The maximum Gasteiger partial charge on any atom is 0.224 e. The van der Waals surface area contributed by atoms with Crippen LogP contribution in [0.3, 0.4) is 0 Å². The Hall–Kier alpha value is -2.29. The maximum absolute atomic E-state index is 12.2. The van der Waals surface area contributed by atoms with Crippen molar-refractivity contribution in [3.8, 4) is 5.75 Å². The van der Waals surface area contributed by atoms with Crippen LogP contribution in [0.25, 0.3) is 0 Å². The number of amides is 1. The van der Waals surface area contributed by atoms with E-state index in [4.69, 9.17) is 4.74 Å². The third-order valence-corrected chi connectivity index (χ3v) is 4.01. The van der Waals surface area contributed by atoms with Gasteiger partial charge in [-0.15, -0.1) is 0 Å². The Morgan fingerprint density at radius 1 is 1.23 bits per heavy atom. The molecule has 1 N–H and O–H groups in total. The summed E-state index contributed by atoms with van der Waals surface area (Å²) < 4.78 is 5.61. The minimum Gasteiger partial charge on any atom is -0.493 e. The monoisotopic (exact) mass is 295 g/mol. The number of carbonyl (C=O) groups is 1. The summed E-state index contributed by atoms with van der Waals surface area (Å²) in [5.41, 5.74) is 3.38. The molecule has 3 nitrogen and oxygen atoms in total. The molecule has 114 valence electrons. The van der Waals surface area contributed by atoms with Crippen LogP contribution in [0.1, 0.15) is 36.1 Å². The molecule has 3 rings (SSSR count). The third-order valence-electron chi connectivity index (χ3n) is 4.01. The number of hydrogen-bond acceptors (Lipinski definition) is 2. The zero-order valence-corrected chi connectivity index (χ0v) is 12.8. The van der Waals surface area contributed by atoms with Gasteiger partial charge in [-0.2, -0.15) is 0 Å². The molecule has 1 amide bonds. The van der Waals surface area contributed by atoms with Crippen molar-refractivity contribution in [2.24, 2.45) is 0 Å². The number of rotatable bonds is 4. The SMILES string of the molecule is CC(NC(=O)Cc1ccc2c(c1)CCCO2)c1ccccc1. The Kier molecular flexibility index (Phi) is 4.42. The van der Waals surface area contributed by atoms with Crippen molar-refractivity contribution in [2.75, 3.05) is 6.61 Å². The highest BCUT2D eigenvalue weighted by atomic mass is 16.5. The van der Waals surface area contributed by atoms with Crippen LogP contribution in [-0.2, 0) is 17.6 Å². The predicted octanol–water partition coefficient (Wildman–Crippen LogP) is 3.43. The molecule has 0 saturated carbocycles. The number of benzene rings is 2. The van der Waals surface area contributed by atoms with Gasteiger partial charge in [-0.25, -0.2) is 0 Å². The Labute approximate surface area is 131 Å². The summed E-state index contributed by atoms with van der Waals surface area (Å²) >= 11 is 0. The van der Waals surface area contributed by atoms with Gasteiger partial charge in [0.15, 0.2) is 0 Å². The largest absolute Gasteiger partial charge is 0.493 e. The van der Waals surface area contributed by atoms with Crippen molar-refractivity contribution in [1.82, 2.24) is 5.32 Å². The van der Waals surface area contributed by atoms with Gasteiger partial charge in [0, 0.05) is 0 Å². The van der Waals surface area contributed by atoms with E-state index in [2.05, 4.69) is 11.4 Å². The fraction of sp³-hybridized carbons (Fsp3) is 0.316. The van der Waals surface area contributed by atoms with E-state index in [9.17, 15) is 4.79 Å². The molecule has 1 unspecified atom stereocenters. The first-order valence-corrected chi connectivity index (χ1v) is 7.81. The third kappa shape index (κ3) is 3.48. The molecule has 22 heavy (non-hydrogen) atoms. The molecule has 1 aliphatic heterocycles. The van der Waals surface area contributed by atoms with Crippen molar-refractivity contribution in [3.05, 3.63) is 65.2 Å². The molecule has 2 aromatic rings. The number of nitrogens with one attached hydrogen (secondary N) is 1. The average Bonchev–Trinajstić information content (AvgIpc) is 2.55. The highest BCUT2D eigenvalue weighted by molar-refractivity contribution is 5.79. The van der Waals surface area contributed by atoms with Gasteiger partial charge in [0.05, 0.1) is 19.1 Å². The van der Waals surface area contributed by atoms with Crippen LogP contribution in [0.5, 0.6) is 5.75 Å². The van der Waals surface area contributed by atoms with Crippen molar-refractivity contribution in [1.29, 1.82) is 0 Å². The molecular weight excluding hydrogens is 274 g/mol. The van der Waals surface area contributed by atoms with Crippen molar-refractivity contribution in [3.63, 3.8) is 0 Å². The van der Waals surface area contributed by atoms with Gasteiger partial charge >= 0.3 is 0 Å². The molecule has 1 atom stereocenters. The van der Waals surface area contributed by atoms with Crippen molar-refractivity contribution < 1.29 is 9.53 Å². The average molecular weight is 295 g/mol. The van der Waals surface area contributed by atoms with E-state index in [1.807, 2.05) is 49.4 Å². The van der Waals surface area contributed by atoms with E-state index in [1.165, 1.54) is 5.56 Å². The molecular formula is C19H21NO2. The number of fused-ring (bicyclic) bond motifs is 1. The molecule has 0 aliphatic carbocycles. The summed E-state index contributed by atoms with van der Waals surface area (Å²) in [5, 5.41) is 3.05. The van der Waals surface area contributed by atoms with Crippen molar-refractivity contribution in [2.45, 2.75) is 32.2 Å². The minimum atomic E-state index is 0.0228. The molecule has 1 heterocycles. The summed E-state index contributed by atoms with van der Waals surface area (Å²) in [7, 11) is 0. The van der Waals surface area contributed by atoms with Gasteiger partial charge < -0.3 is 10.1 Å². The van der Waals surface area contributed by atoms with Gasteiger partial charge in [0.2, 0.25) is 5.91 Å². The molecule has 0 bridgehead atoms. The van der Waals surface area contributed by atoms with E-state index in [1.54, 1.807) is 0 Å². The Morgan fingerprint density at radius 3 is 2.86 bits per heavy atom. The molecule has 0 fully saturated rings. The summed E-state index contributed by atoms with van der Waals surface area (Å²) in [6, 6.07) is 16.1. The van der Waals surface area contributed by atoms with E-state index in [0.717, 1.165) is 36.3 Å². The molecule has 0 aromatic heterocycles. The van der Waals surface area contributed by atoms with E-state index in [0.29, 0.717) is 6.42 Å². The fourth-order valence-electron chi connectivity index (χ4n) is 2.83. The molecule has 0 spiro atoms. The maximum atomic E-state index is 12.2. The summed E-state index contributed by atoms with van der Waals surface area (Å²) in [6.07, 6.45) is 2.49. The number of carbonyl (C=O) groups excluding carboxylic acids is 1. The second-order valence-electron chi connectivity index (χ2n) is 5.77. The summed E-state index contributed by atoms with van der Waals surface area (Å²) in [6.45, 7) is 2.80. The van der Waals surface area contributed by atoms with E-state index >= 15 is 0 Å². The quantitative estimate of drug-likeness (QED) is 0.938. The zero-order chi connectivity index (χ0) is 15.4. The normalized spacial score (nSPS) is 14.6. The van der Waals surface area contributed by atoms with E-state index in [-0.39, 0.29) is 11.9 Å². The van der Waals surface area contributed by atoms with Crippen LogP contribution in [0.4, 0.5) is 0 Å². The minimum absolute atomic E-state index is 0.0228. The van der Waals surface area contributed by atoms with Crippen LogP contribution in [0.2, 0.25) is 0 Å². The first-order chi connectivity index (χ1) is 10.7. The second kappa shape index (κ2) is 6.65. The lowest BCUT2D eigenvalue weighted by Gasteiger charge is -2.18. The van der Waals surface area contributed by atoms with Gasteiger partial charge in [-0.1, -0.05) is 42.5 Å². The van der Waals surface area contributed by atoms with Crippen LogP contribution in [0, 0.1) is 0 Å².